The molecule has 1 aliphatic heterocycles. The molecule has 0 aromatic carbocycles. The fourth-order valence-corrected chi connectivity index (χ4v) is 7.02. The first-order valence-electron chi connectivity index (χ1n) is 15.9. The summed E-state index contributed by atoms with van der Waals surface area (Å²) < 4.78 is 6.46. The third kappa shape index (κ3) is 9.63. The summed E-state index contributed by atoms with van der Waals surface area (Å²) in [5.74, 6) is 0. The van der Waals surface area contributed by atoms with Crippen molar-refractivity contribution in [2.75, 3.05) is 0 Å². The van der Waals surface area contributed by atoms with Crippen molar-refractivity contribution in [3.63, 3.8) is 0 Å². The Kier molecular flexibility index (Phi) is 11.6. The maximum atomic E-state index is 10.4. The van der Waals surface area contributed by atoms with Crippen LogP contribution in [0.2, 0.25) is 0 Å². The summed E-state index contributed by atoms with van der Waals surface area (Å²) >= 11 is 0. The molecule has 0 saturated heterocycles. The number of aliphatic hydroxyl groups excluding tert-OH is 2. The molecule has 0 aromatic rings. The number of aliphatic hydroxyl groups is 2. The second kappa shape index (κ2) is 14.4. The predicted octanol–water partition coefficient (Wildman–Crippen LogP) is 9.76. The second-order valence-electron chi connectivity index (χ2n) is 14.5. The van der Waals surface area contributed by atoms with Crippen LogP contribution in [0.15, 0.2) is 118 Å². The molecule has 0 bridgehead atoms. The minimum Gasteiger partial charge on any atom is -0.393 e. The lowest BCUT2D eigenvalue weighted by Gasteiger charge is -2.44. The van der Waals surface area contributed by atoms with E-state index < -0.39 is 0 Å². The third-order valence-electron chi connectivity index (χ3n) is 9.08. The summed E-state index contributed by atoms with van der Waals surface area (Å²) in [6.07, 6.45) is 30.2. The molecular weight excluding hydrogens is 528 g/mol. The molecular formula is C40H56O3. The molecule has 3 heteroatoms. The fourth-order valence-electron chi connectivity index (χ4n) is 7.02. The number of hydrogen-bond donors (Lipinski definition) is 2. The van der Waals surface area contributed by atoms with Gasteiger partial charge in [-0.15, -0.1) is 0 Å². The van der Waals surface area contributed by atoms with Gasteiger partial charge in [0.25, 0.3) is 0 Å². The van der Waals surface area contributed by atoms with Crippen molar-refractivity contribution in [2.45, 2.75) is 119 Å². The summed E-state index contributed by atoms with van der Waals surface area (Å²) in [5.41, 5.74) is 8.25. The van der Waals surface area contributed by atoms with Crippen LogP contribution < -0.4 is 0 Å². The zero-order chi connectivity index (χ0) is 32.0. The SMILES string of the molecule is CC(C=CC1=C(C)CC(O)CC1(C)C)=CC=CC(C)=C/C=C/C=C(C)/C=C/C=C(\C)C1C=C2C(C)(C)CC(O)CC2(C)O1. The Hall–Kier alpha value is -2.72. The van der Waals surface area contributed by atoms with Gasteiger partial charge < -0.3 is 14.9 Å². The van der Waals surface area contributed by atoms with Crippen molar-refractivity contribution in [3.05, 3.63) is 118 Å². The molecule has 4 atom stereocenters. The highest BCUT2D eigenvalue weighted by molar-refractivity contribution is 5.39. The Bertz CT molecular complexity index is 1330. The van der Waals surface area contributed by atoms with Gasteiger partial charge in [-0.3, -0.25) is 0 Å². The van der Waals surface area contributed by atoms with Crippen LogP contribution in [-0.4, -0.2) is 34.1 Å². The van der Waals surface area contributed by atoms with E-state index in [1.54, 1.807) is 0 Å². The van der Waals surface area contributed by atoms with Crippen molar-refractivity contribution < 1.29 is 14.9 Å². The van der Waals surface area contributed by atoms with Crippen LogP contribution >= 0.6 is 0 Å². The zero-order valence-corrected chi connectivity index (χ0v) is 28.4. The maximum Gasteiger partial charge on any atom is 0.0982 e. The lowest BCUT2D eigenvalue weighted by atomic mass is 9.65. The second-order valence-corrected chi connectivity index (χ2v) is 14.5. The molecule has 0 spiro atoms. The van der Waals surface area contributed by atoms with Gasteiger partial charge in [-0.2, -0.15) is 0 Å². The minimum atomic E-state index is -0.381. The zero-order valence-electron chi connectivity index (χ0n) is 28.4. The topological polar surface area (TPSA) is 49.7 Å². The minimum absolute atomic E-state index is 0.00171. The van der Waals surface area contributed by atoms with E-state index in [1.165, 1.54) is 39.0 Å². The average Bonchev–Trinajstić information content (AvgIpc) is 3.23. The first kappa shape index (κ1) is 34.8. The lowest BCUT2D eigenvalue weighted by Crippen LogP contribution is -2.45. The summed E-state index contributed by atoms with van der Waals surface area (Å²) in [4.78, 5) is 0. The van der Waals surface area contributed by atoms with Gasteiger partial charge >= 0.3 is 0 Å². The van der Waals surface area contributed by atoms with E-state index in [2.05, 4.69) is 148 Å². The normalized spacial score (nSPS) is 30.8. The molecule has 0 radical (unpaired) electrons. The first-order chi connectivity index (χ1) is 20.0. The number of fused-ring (bicyclic) bond motifs is 1. The van der Waals surface area contributed by atoms with Gasteiger partial charge in [0.05, 0.1) is 23.9 Å². The van der Waals surface area contributed by atoms with Crippen LogP contribution in [0.4, 0.5) is 0 Å². The molecule has 1 fully saturated rings. The van der Waals surface area contributed by atoms with E-state index in [9.17, 15) is 10.2 Å². The Morgan fingerprint density at radius 2 is 1.26 bits per heavy atom. The lowest BCUT2D eigenvalue weighted by molar-refractivity contribution is -0.0683. The number of hydrogen-bond acceptors (Lipinski definition) is 3. The van der Waals surface area contributed by atoms with Gasteiger partial charge in [0.15, 0.2) is 0 Å². The molecule has 0 aromatic heterocycles. The van der Waals surface area contributed by atoms with Crippen molar-refractivity contribution in [1.82, 2.24) is 0 Å². The van der Waals surface area contributed by atoms with E-state index in [0.29, 0.717) is 6.42 Å². The Balaban J connectivity index is 1.52. The molecule has 3 nitrogen and oxygen atoms in total. The van der Waals surface area contributed by atoms with E-state index in [4.69, 9.17) is 4.74 Å². The standard InChI is InChI=1S/C40H56O3/c1-28(17-13-18-30(3)21-22-35-32(5)23-33(41)25-38(35,6)7)15-11-12-16-29(2)19-14-20-31(4)36-24-37-39(8,9)26-34(42)27-40(37,10)43-36/h11-22,24,33-34,36,41-42H,23,25-27H2,1-10H3/b12-11+,17-13?,19-14+,22-21?,28-15?,29-16+,30-18?,31-20+. The van der Waals surface area contributed by atoms with E-state index >= 15 is 0 Å². The van der Waals surface area contributed by atoms with Crippen LogP contribution in [0.25, 0.3) is 0 Å². The molecule has 1 saturated carbocycles. The monoisotopic (exact) mass is 584 g/mol. The van der Waals surface area contributed by atoms with E-state index in [1.807, 2.05) is 0 Å². The average molecular weight is 585 g/mol. The smallest absolute Gasteiger partial charge is 0.0982 e. The first-order valence-corrected chi connectivity index (χ1v) is 15.9. The Morgan fingerprint density at radius 3 is 1.86 bits per heavy atom. The molecule has 43 heavy (non-hydrogen) atoms. The van der Waals surface area contributed by atoms with Gasteiger partial charge in [0.1, 0.15) is 0 Å². The number of rotatable bonds is 9. The molecule has 234 valence electrons. The van der Waals surface area contributed by atoms with Crippen molar-refractivity contribution in [3.8, 4) is 0 Å². The molecule has 4 unspecified atom stereocenters. The van der Waals surface area contributed by atoms with Crippen molar-refractivity contribution in [2.24, 2.45) is 10.8 Å². The number of ether oxygens (including phenoxy) is 1. The molecule has 0 amide bonds. The Labute approximate surface area is 262 Å². The highest BCUT2D eigenvalue weighted by Crippen LogP contribution is 2.52. The summed E-state index contributed by atoms with van der Waals surface area (Å²) in [6.45, 7) is 21.6. The van der Waals surface area contributed by atoms with Gasteiger partial charge in [-0.05, 0) is 94.4 Å². The molecule has 2 aliphatic carbocycles. The van der Waals surface area contributed by atoms with Crippen LogP contribution in [-0.2, 0) is 4.74 Å². The van der Waals surface area contributed by atoms with Crippen molar-refractivity contribution in [1.29, 1.82) is 0 Å². The molecule has 2 N–H and O–H groups in total. The third-order valence-corrected chi connectivity index (χ3v) is 9.08. The van der Waals surface area contributed by atoms with Gasteiger partial charge in [0, 0.05) is 6.42 Å². The molecule has 1 heterocycles. The molecule has 3 aliphatic rings. The van der Waals surface area contributed by atoms with E-state index in [0.717, 1.165) is 19.3 Å². The van der Waals surface area contributed by atoms with Gasteiger partial charge in [0.2, 0.25) is 0 Å². The van der Waals surface area contributed by atoms with Gasteiger partial charge in [-0.1, -0.05) is 123 Å². The number of allylic oxidation sites excluding steroid dienone is 16. The van der Waals surface area contributed by atoms with Crippen LogP contribution in [0.5, 0.6) is 0 Å². The van der Waals surface area contributed by atoms with Crippen molar-refractivity contribution >= 4 is 0 Å². The summed E-state index contributed by atoms with van der Waals surface area (Å²) in [7, 11) is 0. The van der Waals surface area contributed by atoms with Crippen LogP contribution in [0.1, 0.15) is 94.9 Å². The Morgan fingerprint density at radius 1 is 0.721 bits per heavy atom. The summed E-state index contributed by atoms with van der Waals surface area (Å²) in [6, 6.07) is 0. The quantitative estimate of drug-likeness (QED) is 0.209. The van der Waals surface area contributed by atoms with Crippen LogP contribution in [0.3, 0.4) is 0 Å². The maximum absolute atomic E-state index is 10.4. The predicted molar refractivity (Wildman–Crippen MR) is 184 cm³/mol. The largest absolute Gasteiger partial charge is 0.393 e. The van der Waals surface area contributed by atoms with Crippen LogP contribution in [0, 0.1) is 10.8 Å². The summed E-state index contributed by atoms with van der Waals surface area (Å²) in [5, 5.41) is 20.5. The highest BCUT2D eigenvalue weighted by Gasteiger charge is 2.50. The van der Waals surface area contributed by atoms with Gasteiger partial charge in [-0.25, -0.2) is 0 Å². The van der Waals surface area contributed by atoms with E-state index in [-0.39, 0.29) is 34.7 Å². The fraction of sp³-hybridized carbons (Fsp3) is 0.500. The molecule has 3 rings (SSSR count). The highest BCUT2D eigenvalue weighted by atomic mass is 16.5.